The van der Waals surface area contributed by atoms with Crippen molar-refractivity contribution in [1.29, 1.82) is 0 Å². The Morgan fingerprint density at radius 1 is 1.03 bits per heavy atom. The fraction of sp³-hybridized carbons (Fsp3) is 0.370. The first-order valence-electron chi connectivity index (χ1n) is 11.5. The molecule has 0 fully saturated rings. The monoisotopic (exact) mass is 475 g/mol. The van der Waals surface area contributed by atoms with Gasteiger partial charge in [0, 0.05) is 32.9 Å². The summed E-state index contributed by atoms with van der Waals surface area (Å²) in [5.74, 6) is 0.594. The quantitative estimate of drug-likeness (QED) is 0.543. The van der Waals surface area contributed by atoms with E-state index in [9.17, 15) is 18.0 Å². The second-order valence-corrected chi connectivity index (χ2v) is 7.46. The first-order valence-corrected chi connectivity index (χ1v) is 11.5. The number of rotatable bonds is 4. The van der Waals surface area contributed by atoms with Crippen molar-refractivity contribution >= 4 is 5.57 Å². The zero-order valence-corrected chi connectivity index (χ0v) is 21.1. The molecule has 1 aliphatic carbocycles. The van der Waals surface area contributed by atoms with Gasteiger partial charge in [-0.1, -0.05) is 58.0 Å². The van der Waals surface area contributed by atoms with Gasteiger partial charge in [0.05, 0.1) is 11.4 Å². The predicted octanol–water partition coefficient (Wildman–Crippen LogP) is 6.59. The maximum atomic E-state index is 13.2. The molecule has 0 radical (unpaired) electrons. The largest absolute Gasteiger partial charge is 0.417 e. The van der Waals surface area contributed by atoms with Crippen LogP contribution in [0.25, 0.3) is 16.7 Å². The molecule has 2 N–H and O–H groups in total. The summed E-state index contributed by atoms with van der Waals surface area (Å²) in [6.45, 7) is 8.00. The van der Waals surface area contributed by atoms with Crippen LogP contribution in [0.15, 0.2) is 70.9 Å². The minimum absolute atomic E-state index is 0.0134. The summed E-state index contributed by atoms with van der Waals surface area (Å²) in [6, 6.07) is 7.94. The third-order valence-corrected chi connectivity index (χ3v) is 5.01. The van der Waals surface area contributed by atoms with E-state index in [-0.39, 0.29) is 5.56 Å². The van der Waals surface area contributed by atoms with Gasteiger partial charge in [-0.2, -0.15) is 13.2 Å². The van der Waals surface area contributed by atoms with Gasteiger partial charge in [-0.15, -0.1) is 0 Å². The highest BCUT2D eigenvalue weighted by atomic mass is 19.4. The van der Waals surface area contributed by atoms with Crippen LogP contribution < -0.4 is 11.3 Å². The molecule has 1 aromatic carbocycles. The Hall–Kier alpha value is -3.22. The van der Waals surface area contributed by atoms with Crippen LogP contribution in [-0.4, -0.2) is 23.6 Å². The summed E-state index contributed by atoms with van der Waals surface area (Å²) in [5.41, 5.74) is 7.89. The van der Waals surface area contributed by atoms with Crippen LogP contribution in [0.4, 0.5) is 13.2 Å². The molecule has 0 saturated carbocycles. The smallest absolute Gasteiger partial charge is 0.385 e. The van der Waals surface area contributed by atoms with E-state index in [1.54, 1.807) is 23.1 Å². The number of aryl methyl sites for hydroxylation is 1. The van der Waals surface area contributed by atoms with Gasteiger partial charge in [-0.05, 0) is 53.3 Å². The summed E-state index contributed by atoms with van der Waals surface area (Å²) < 4.78 is 40.7. The second-order valence-electron chi connectivity index (χ2n) is 7.46. The van der Waals surface area contributed by atoms with Gasteiger partial charge in [0.15, 0.2) is 0 Å². The number of alkyl halides is 3. The zero-order chi connectivity index (χ0) is 26.1. The summed E-state index contributed by atoms with van der Waals surface area (Å²) in [6.07, 6.45) is 4.05. The fourth-order valence-electron chi connectivity index (χ4n) is 3.33. The zero-order valence-electron chi connectivity index (χ0n) is 21.1. The number of pyridine rings is 1. The highest BCUT2D eigenvalue weighted by Gasteiger charge is 2.32. The Balaban J connectivity index is 0.00000137. The van der Waals surface area contributed by atoms with Gasteiger partial charge in [0.1, 0.15) is 0 Å². The van der Waals surface area contributed by atoms with Crippen LogP contribution >= 0.6 is 0 Å². The number of hydrogen-bond donors (Lipinski definition) is 1. The van der Waals surface area contributed by atoms with Gasteiger partial charge < -0.3 is 15.2 Å². The van der Waals surface area contributed by atoms with Gasteiger partial charge in [0.2, 0.25) is 0 Å². The van der Waals surface area contributed by atoms with E-state index in [0.717, 1.165) is 46.4 Å². The van der Waals surface area contributed by atoms with Gasteiger partial charge >= 0.3 is 6.18 Å². The standard InChI is InChI=1S/C23H24F3N3O.2C2H6/c1-28(2)21(27)12-17-7-4-5-10-19(17)15-8-6-9-16(11-15)20-13-18(23(24,25)26)14-29(3)22(20)30;2*1-2/h6-14H,4-5,27H2,1-3H3;2*1-2H3/b21-12+;;. The lowest BCUT2D eigenvalue weighted by molar-refractivity contribution is -0.138. The van der Waals surface area contributed by atoms with Crippen molar-refractivity contribution in [2.75, 3.05) is 14.1 Å². The molecule has 3 rings (SSSR count). The van der Waals surface area contributed by atoms with E-state index < -0.39 is 17.3 Å². The molecule has 4 nitrogen and oxygen atoms in total. The number of benzene rings is 1. The minimum atomic E-state index is -4.53. The molecule has 0 bridgehead atoms. The molecule has 7 heteroatoms. The molecule has 0 aliphatic heterocycles. The number of aromatic nitrogens is 1. The highest BCUT2D eigenvalue weighted by molar-refractivity contribution is 5.84. The predicted molar refractivity (Wildman–Crippen MR) is 136 cm³/mol. The molecule has 0 atom stereocenters. The number of hydrogen-bond acceptors (Lipinski definition) is 3. The molecule has 0 spiro atoms. The lowest BCUT2D eigenvalue weighted by Gasteiger charge is -2.18. The molecule has 1 heterocycles. The number of halogens is 3. The van der Waals surface area contributed by atoms with Gasteiger partial charge in [-0.25, -0.2) is 0 Å². The van der Waals surface area contributed by atoms with E-state index in [4.69, 9.17) is 5.73 Å². The van der Waals surface area contributed by atoms with E-state index >= 15 is 0 Å². The third-order valence-electron chi connectivity index (χ3n) is 5.01. The molecule has 0 unspecified atom stereocenters. The lowest BCUT2D eigenvalue weighted by Crippen LogP contribution is -2.21. The molecular formula is C27H36F3N3O. The Labute approximate surface area is 200 Å². The summed E-state index contributed by atoms with van der Waals surface area (Å²) >= 11 is 0. The molecule has 34 heavy (non-hydrogen) atoms. The topological polar surface area (TPSA) is 51.3 Å². The molecule has 0 saturated heterocycles. The van der Waals surface area contributed by atoms with Crippen molar-refractivity contribution in [3.63, 3.8) is 0 Å². The number of nitrogens with two attached hydrogens (primary N) is 1. The van der Waals surface area contributed by atoms with E-state index in [1.807, 2.05) is 53.9 Å². The maximum absolute atomic E-state index is 13.2. The van der Waals surface area contributed by atoms with Gasteiger partial charge in [0.25, 0.3) is 5.56 Å². The minimum Gasteiger partial charge on any atom is -0.385 e. The molecule has 186 valence electrons. The lowest BCUT2D eigenvalue weighted by atomic mass is 9.90. The SMILES string of the molecule is CC.CC.CN(C)/C(N)=C/C1=CCCC=C1c1cccc(-c2cc(C(F)(F)F)cn(C)c2=O)c1. The number of allylic oxidation sites excluding steroid dienone is 5. The van der Waals surface area contributed by atoms with Crippen LogP contribution in [-0.2, 0) is 13.2 Å². The molecule has 1 aliphatic rings. The Kier molecular flexibility index (Phi) is 10.9. The molecule has 2 aromatic rings. The van der Waals surface area contributed by atoms with E-state index in [0.29, 0.717) is 11.4 Å². The van der Waals surface area contributed by atoms with Crippen LogP contribution in [0.2, 0.25) is 0 Å². The van der Waals surface area contributed by atoms with Crippen molar-refractivity contribution in [3.05, 3.63) is 87.6 Å². The first-order chi connectivity index (χ1) is 16.1. The summed E-state index contributed by atoms with van der Waals surface area (Å²) in [7, 11) is 5.02. The van der Waals surface area contributed by atoms with Crippen molar-refractivity contribution in [3.8, 4) is 11.1 Å². The Bertz CT molecular complexity index is 1110. The van der Waals surface area contributed by atoms with Crippen molar-refractivity contribution in [1.82, 2.24) is 9.47 Å². The van der Waals surface area contributed by atoms with Crippen LogP contribution in [0, 0.1) is 0 Å². The van der Waals surface area contributed by atoms with Crippen molar-refractivity contribution < 1.29 is 13.2 Å². The van der Waals surface area contributed by atoms with E-state index in [1.165, 1.54) is 7.05 Å². The molecular weight excluding hydrogens is 439 g/mol. The normalized spacial score (nSPS) is 13.5. The van der Waals surface area contributed by atoms with Crippen LogP contribution in [0.3, 0.4) is 0 Å². The summed E-state index contributed by atoms with van der Waals surface area (Å²) in [5, 5.41) is 0. The second kappa shape index (κ2) is 12.9. The maximum Gasteiger partial charge on any atom is 0.417 e. The average molecular weight is 476 g/mol. The van der Waals surface area contributed by atoms with Crippen LogP contribution in [0.5, 0.6) is 0 Å². The first kappa shape index (κ1) is 28.8. The Morgan fingerprint density at radius 3 is 2.21 bits per heavy atom. The third kappa shape index (κ3) is 7.14. The number of nitrogens with zero attached hydrogens (tertiary/aromatic N) is 2. The summed E-state index contributed by atoms with van der Waals surface area (Å²) in [4.78, 5) is 14.4. The fourth-order valence-corrected chi connectivity index (χ4v) is 3.33. The Morgan fingerprint density at radius 2 is 1.62 bits per heavy atom. The van der Waals surface area contributed by atoms with Crippen molar-refractivity contribution in [2.45, 2.75) is 46.7 Å². The van der Waals surface area contributed by atoms with E-state index in [2.05, 4.69) is 12.2 Å². The molecule has 0 amide bonds. The van der Waals surface area contributed by atoms with Crippen LogP contribution in [0.1, 0.15) is 51.7 Å². The van der Waals surface area contributed by atoms with Gasteiger partial charge in [-0.3, -0.25) is 4.79 Å². The highest BCUT2D eigenvalue weighted by Crippen LogP contribution is 2.34. The molecule has 1 aromatic heterocycles. The van der Waals surface area contributed by atoms with Crippen molar-refractivity contribution in [2.24, 2.45) is 12.8 Å². The average Bonchev–Trinajstić information content (AvgIpc) is 2.83.